The number of aromatic nitrogens is 2. The summed E-state index contributed by atoms with van der Waals surface area (Å²) in [5.74, 6) is -0.359. The van der Waals surface area contributed by atoms with Crippen molar-refractivity contribution in [3.63, 3.8) is 0 Å². The van der Waals surface area contributed by atoms with E-state index in [0.29, 0.717) is 10.0 Å². The van der Waals surface area contributed by atoms with Crippen LogP contribution in [0.2, 0.25) is 10.0 Å². The molecule has 3 nitrogen and oxygen atoms in total. The number of nitrogens with one attached hydrogen (secondary N) is 1. The first-order chi connectivity index (χ1) is 9.95. The Bertz CT molecular complexity index is 625. The lowest BCUT2D eigenvalue weighted by atomic mass is 10.0. The number of rotatable bonds is 5. The molecule has 6 heteroatoms. The first-order valence-corrected chi connectivity index (χ1v) is 7.62. The summed E-state index contributed by atoms with van der Waals surface area (Å²) >= 11 is 12.5. The van der Waals surface area contributed by atoms with E-state index in [-0.39, 0.29) is 17.9 Å². The molecule has 21 heavy (non-hydrogen) atoms. The Morgan fingerprint density at radius 1 is 1.29 bits per heavy atom. The molecule has 0 aliphatic rings. The van der Waals surface area contributed by atoms with Crippen molar-refractivity contribution in [1.82, 2.24) is 15.1 Å². The van der Waals surface area contributed by atoms with Gasteiger partial charge in [-0.1, -0.05) is 36.2 Å². The highest BCUT2D eigenvalue weighted by Crippen LogP contribution is 2.33. The minimum absolute atomic E-state index is 0.160. The molecule has 0 spiro atoms. The van der Waals surface area contributed by atoms with Gasteiger partial charge < -0.3 is 5.32 Å². The summed E-state index contributed by atoms with van der Waals surface area (Å²) in [6.45, 7) is 6.77. The summed E-state index contributed by atoms with van der Waals surface area (Å²) in [4.78, 5) is 0. The summed E-state index contributed by atoms with van der Waals surface area (Å²) in [6.07, 6.45) is 1.62. The molecule has 1 atom stereocenters. The second-order valence-corrected chi connectivity index (χ2v) is 5.89. The summed E-state index contributed by atoms with van der Waals surface area (Å²) in [5.41, 5.74) is 1.62. The monoisotopic (exact) mass is 329 g/mol. The Kier molecular flexibility index (Phi) is 5.25. The van der Waals surface area contributed by atoms with E-state index in [1.807, 2.05) is 25.5 Å². The Morgan fingerprint density at radius 3 is 2.57 bits per heavy atom. The topological polar surface area (TPSA) is 29.9 Å². The van der Waals surface area contributed by atoms with Gasteiger partial charge in [-0.05, 0) is 38.1 Å². The average Bonchev–Trinajstić information content (AvgIpc) is 2.79. The van der Waals surface area contributed by atoms with Gasteiger partial charge in [-0.25, -0.2) is 4.39 Å². The molecule has 1 aromatic heterocycles. The Labute approximate surface area is 134 Å². The SMILES string of the molecule is CCNC(c1ccc(F)cc1Cl)c1c(Cl)cnn1C(C)C. The molecule has 114 valence electrons. The molecule has 0 aliphatic carbocycles. The van der Waals surface area contributed by atoms with Gasteiger partial charge in [-0.3, -0.25) is 4.68 Å². The predicted octanol–water partition coefficient (Wildman–Crippen LogP) is 4.61. The van der Waals surface area contributed by atoms with Crippen LogP contribution in [-0.4, -0.2) is 16.3 Å². The fourth-order valence-corrected chi connectivity index (χ4v) is 2.84. The van der Waals surface area contributed by atoms with Crippen molar-refractivity contribution in [1.29, 1.82) is 0 Å². The second kappa shape index (κ2) is 6.77. The van der Waals surface area contributed by atoms with Crippen LogP contribution in [0.15, 0.2) is 24.4 Å². The molecule has 2 aromatic rings. The maximum Gasteiger partial charge on any atom is 0.124 e. The third-order valence-electron chi connectivity index (χ3n) is 3.23. The Morgan fingerprint density at radius 2 is 2.00 bits per heavy atom. The van der Waals surface area contributed by atoms with Crippen molar-refractivity contribution in [3.8, 4) is 0 Å². The van der Waals surface area contributed by atoms with Crippen molar-refractivity contribution in [3.05, 3.63) is 51.5 Å². The number of nitrogens with zero attached hydrogens (tertiary/aromatic N) is 2. The zero-order valence-corrected chi connectivity index (χ0v) is 13.7. The largest absolute Gasteiger partial charge is 0.305 e. The van der Waals surface area contributed by atoms with Crippen LogP contribution in [0.1, 0.15) is 44.1 Å². The van der Waals surface area contributed by atoms with Gasteiger partial charge >= 0.3 is 0 Å². The third kappa shape index (κ3) is 3.39. The van der Waals surface area contributed by atoms with E-state index in [1.165, 1.54) is 12.1 Å². The minimum Gasteiger partial charge on any atom is -0.305 e. The highest BCUT2D eigenvalue weighted by Gasteiger charge is 2.24. The second-order valence-electron chi connectivity index (χ2n) is 5.07. The van der Waals surface area contributed by atoms with Crippen molar-refractivity contribution < 1.29 is 4.39 Å². The maximum atomic E-state index is 13.3. The van der Waals surface area contributed by atoms with Crippen molar-refractivity contribution in [2.24, 2.45) is 0 Å². The normalized spacial score (nSPS) is 12.9. The lowest BCUT2D eigenvalue weighted by Gasteiger charge is -2.23. The molecular weight excluding hydrogens is 312 g/mol. The van der Waals surface area contributed by atoms with E-state index >= 15 is 0 Å². The van der Waals surface area contributed by atoms with Crippen molar-refractivity contribution in [2.75, 3.05) is 6.54 Å². The fraction of sp³-hybridized carbons (Fsp3) is 0.400. The molecule has 1 heterocycles. The number of hydrogen-bond donors (Lipinski definition) is 1. The molecule has 0 saturated heterocycles. The molecule has 2 rings (SSSR count). The van der Waals surface area contributed by atoms with Crippen LogP contribution in [0.3, 0.4) is 0 Å². The molecule has 1 N–H and O–H groups in total. The van der Waals surface area contributed by atoms with Crippen LogP contribution < -0.4 is 5.32 Å². The molecule has 1 aromatic carbocycles. The van der Waals surface area contributed by atoms with E-state index in [4.69, 9.17) is 23.2 Å². The van der Waals surface area contributed by atoms with Crippen LogP contribution >= 0.6 is 23.2 Å². The van der Waals surface area contributed by atoms with Crippen molar-refractivity contribution >= 4 is 23.2 Å². The molecule has 0 amide bonds. The van der Waals surface area contributed by atoms with Crippen LogP contribution in [0, 0.1) is 5.82 Å². The van der Waals surface area contributed by atoms with Crippen LogP contribution in [-0.2, 0) is 0 Å². The molecule has 0 saturated carbocycles. The van der Waals surface area contributed by atoms with Crippen molar-refractivity contribution in [2.45, 2.75) is 32.9 Å². The third-order valence-corrected chi connectivity index (χ3v) is 3.85. The molecule has 0 radical (unpaired) electrons. The average molecular weight is 330 g/mol. The summed E-state index contributed by atoms with van der Waals surface area (Å²) < 4.78 is 15.1. The highest BCUT2D eigenvalue weighted by atomic mass is 35.5. The van der Waals surface area contributed by atoms with E-state index in [1.54, 1.807) is 12.3 Å². The van der Waals surface area contributed by atoms with Gasteiger partial charge in [0.05, 0.1) is 23.0 Å². The van der Waals surface area contributed by atoms with Gasteiger partial charge in [0.1, 0.15) is 5.82 Å². The first kappa shape index (κ1) is 16.3. The number of hydrogen-bond acceptors (Lipinski definition) is 2. The number of benzene rings is 1. The van der Waals surface area contributed by atoms with Gasteiger partial charge in [0, 0.05) is 11.1 Å². The molecule has 0 bridgehead atoms. The molecular formula is C15H18Cl2FN3. The zero-order valence-electron chi connectivity index (χ0n) is 12.2. The van der Waals surface area contributed by atoms with Gasteiger partial charge in [0.2, 0.25) is 0 Å². The van der Waals surface area contributed by atoms with Gasteiger partial charge in [0.15, 0.2) is 0 Å². The number of halogens is 3. The van der Waals surface area contributed by atoms with Crippen LogP contribution in [0.4, 0.5) is 4.39 Å². The maximum absolute atomic E-state index is 13.3. The summed E-state index contributed by atoms with van der Waals surface area (Å²) in [6, 6.07) is 4.31. The van der Waals surface area contributed by atoms with Gasteiger partial charge in [0.25, 0.3) is 0 Å². The van der Waals surface area contributed by atoms with Crippen LogP contribution in [0.25, 0.3) is 0 Å². The molecule has 0 fully saturated rings. The Balaban J connectivity index is 2.56. The standard InChI is InChI=1S/C15H18Cl2FN3/c1-4-19-14(11-6-5-10(18)7-12(11)16)15-13(17)8-20-21(15)9(2)3/h5-9,14,19H,4H2,1-3H3. The predicted molar refractivity (Wildman–Crippen MR) is 84.6 cm³/mol. The van der Waals surface area contributed by atoms with E-state index in [0.717, 1.165) is 17.8 Å². The highest BCUT2D eigenvalue weighted by molar-refractivity contribution is 6.32. The zero-order chi connectivity index (χ0) is 15.6. The summed E-state index contributed by atoms with van der Waals surface area (Å²) in [7, 11) is 0. The smallest absolute Gasteiger partial charge is 0.124 e. The summed E-state index contributed by atoms with van der Waals surface area (Å²) in [5, 5.41) is 8.60. The quantitative estimate of drug-likeness (QED) is 0.868. The van der Waals surface area contributed by atoms with Crippen LogP contribution in [0.5, 0.6) is 0 Å². The van der Waals surface area contributed by atoms with Gasteiger partial charge in [-0.15, -0.1) is 0 Å². The van der Waals surface area contributed by atoms with E-state index in [2.05, 4.69) is 10.4 Å². The fourth-order valence-electron chi connectivity index (χ4n) is 2.33. The minimum atomic E-state index is -0.359. The molecule has 0 aliphatic heterocycles. The lowest BCUT2D eigenvalue weighted by Crippen LogP contribution is -2.26. The first-order valence-electron chi connectivity index (χ1n) is 6.87. The van der Waals surface area contributed by atoms with E-state index in [9.17, 15) is 4.39 Å². The molecule has 1 unspecified atom stereocenters. The lowest BCUT2D eigenvalue weighted by molar-refractivity contribution is 0.476. The Hall–Kier alpha value is -1.10. The van der Waals surface area contributed by atoms with E-state index < -0.39 is 0 Å². The van der Waals surface area contributed by atoms with Gasteiger partial charge in [-0.2, -0.15) is 5.10 Å².